The minimum atomic E-state index is 0.160. The number of amides is 1. The molecule has 1 N–H and O–H groups in total. The number of hydrogen-bond donors (Lipinski definition) is 1. The number of aromatic nitrogens is 4. The number of rotatable bonds is 3. The fourth-order valence-corrected chi connectivity index (χ4v) is 3.84. The van der Waals surface area contributed by atoms with Gasteiger partial charge in [-0.3, -0.25) is 9.89 Å². The van der Waals surface area contributed by atoms with Crippen LogP contribution in [0.15, 0.2) is 30.5 Å². The molecule has 0 bridgehead atoms. The molecule has 25 heavy (non-hydrogen) atoms. The molecule has 1 atom stereocenters. The predicted molar refractivity (Wildman–Crippen MR) is 96.3 cm³/mol. The van der Waals surface area contributed by atoms with Gasteiger partial charge in [-0.05, 0) is 44.4 Å². The van der Waals surface area contributed by atoms with Crippen molar-refractivity contribution < 1.29 is 4.79 Å². The van der Waals surface area contributed by atoms with Crippen LogP contribution in [0, 0.1) is 13.8 Å². The maximum absolute atomic E-state index is 12.9. The zero-order valence-corrected chi connectivity index (χ0v) is 14.7. The minimum absolute atomic E-state index is 0.160. The highest BCUT2D eigenvalue weighted by molar-refractivity contribution is 5.81. The van der Waals surface area contributed by atoms with Crippen LogP contribution in [0.5, 0.6) is 0 Å². The number of piperidine rings is 1. The van der Waals surface area contributed by atoms with Gasteiger partial charge in [0.25, 0.3) is 0 Å². The van der Waals surface area contributed by atoms with E-state index in [0.29, 0.717) is 12.5 Å². The van der Waals surface area contributed by atoms with Crippen LogP contribution in [0.4, 0.5) is 0 Å². The second-order valence-electron chi connectivity index (χ2n) is 6.88. The Balaban J connectivity index is 1.52. The monoisotopic (exact) mass is 337 g/mol. The SMILES string of the molecule is Cc1cn[nH]c1[C@@H]1CCCN(C(=O)Cn2c(C)nc3ccccc32)C1. The molecule has 1 amide bonds. The van der Waals surface area contributed by atoms with Crippen molar-refractivity contribution in [1.82, 2.24) is 24.6 Å². The number of benzene rings is 1. The molecule has 2 aromatic heterocycles. The molecule has 6 nitrogen and oxygen atoms in total. The summed E-state index contributed by atoms with van der Waals surface area (Å²) in [5, 5.41) is 7.24. The minimum Gasteiger partial charge on any atom is -0.340 e. The predicted octanol–water partition coefficient (Wildman–Crippen LogP) is 2.78. The van der Waals surface area contributed by atoms with Crippen LogP contribution in [-0.4, -0.2) is 43.6 Å². The van der Waals surface area contributed by atoms with E-state index in [1.54, 1.807) is 0 Å². The molecule has 0 saturated carbocycles. The van der Waals surface area contributed by atoms with E-state index in [1.807, 2.05) is 46.9 Å². The van der Waals surface area contributed by atoms with Gasteiger partial charge in [0.1, 0.15) is 12.4 Å². The van der Waals surface area contributed by atoms with Crippen LogP contribution >= 0.6 is 0 Å². The quantitative estimate of drug-likeness (QED) is 0.799. The molecular weight excluding hydrogens is 314 g/mol. The van der Waals surface area contributed by atoms with Crippen molar-refractivity contribution in [2.75, 3.05) is 13.1 Å². The molecule has 1 saturated heterocycles. The summed E-state index contributed by atoms with van der Waals surface area (Å²) in [4.78, 5) is 19.5. The van der Waals surface area contributed by atoms with E-state index in [9.17, 15) is 4.79 Å². The van der Waals surface area contributed by atoms with Gasteiger partial charge in [-0.2, -0.15) is 5.10 Å². The zero-order chi connectivity index (χ0) is 17.4. The van der Waals surface area contributed by atoms with E-state index in [2.05, 4.69) is 22.1 Å². The summed E-state index contributed by atoms with van der Waals surface area (Å²) < 4.78 is 2.02. The second-order valence-corrected chi connectivity index (χ2v) is 6.88. The Morgan fingerprint density at radius 3 is 2.96 bits per heavy atom. The van der Waals surface area contributed by atoms with Crippen LogP contribution in [-0.2, 0) is 11.3 Å². The van der Waals surface area contributed by atoms with Gasteiger partial charge in [0, 0.05) is 24.7 Å². The van der Waals surface area contributed by atoms with Gasteiger partial charge < -0.3 is 9.47 Å². The summed E-state index contributed by atoms with van der Waals surface area (Å²) in [6.07, 6.45) is 3.98. The Morgan fingerprint density at radius 1 is 1.32 bits per heavy atom. The van der Waals surface area contributed by atoms with Crippen molar-refractivity contribution >= 4 is 16.9 Å². The van der Waals surface area contributed by atoms with Crippen LogP contribution < -0.4 is 0 Å². The summed E-state index contributed by atoms with van der Waals surface area (Å²) >= 11 is 0. The number of para-hydroxylation sites is 2. The third-order valence-corrected chi connectivity index (χ3v) is 5.19. The van der Waals surface area contributed by atoms with Crippen LogP contribution in [0.25, 0.3) is 11.0 Å². The lowest BCUT2D eigenvalue weighted by Gasteiger charge is -2.33. The van der Waals surface area contributed by atoms with Gasteiger partial charge >= 0.3 is 0 Å². The molecule has 0 unspecified atom stereocenters. The molecule has 1 aromatic carbocycles. The Morgan fingerprint density at radius 2 is 2.16 bits per heavy atom. The van der Waals surface area contributed by atoms with Gasteiger partial charge in [-0.25, -0.2) is 4.98 Å². The number of carbonyl (C=O) groups is 1. The molecule has 130 valence electrons. The Labute approximate surface area is 146 Å². The lowest BCUT2D eigenvalue weighted by Crippen LogP contribution is -2.41. The first-order valence-corrected chi connectivity index (χ1v) is 8.83. The maximum Gasteiger partial charge on any atom is 0.242 e. The van der Waals surface area contributed by atoms with Crippen molar-refractivity contribution in [1.29, 1.82) is 0 Å². The zero-order valence-electron chi connectivity index (χ0n) is 14.7. The summed E-state index contributed by atoms with van der Waals surface area (Å²) in [7, 11) is 0. The second kappa shape index (κ2) is 6.35. The topological polar surface area (TPSA) is 66.8 Å². The maximum atomic E-state index is 12.9. The molecule has 3 heterocycles. The summed E-state index contributed by atoms with van der Waals surface area (Å²) in [6, 6.07) is 7.97. The van der Waals surface area contributed by atoms with E-state index < -0.39 is 0 Å². The van der Waals surface area contributed by atoms with Crippen molar-refractivity contribution in [3.05, 3.63) is 47.5 Å². The van der Waals surface area contributed by atoms with Crippen molar-refractivity contribution in [2.24, 2.45) is 0 Å². The first-order valence-electron chi connectivity index (χ1n) is 8.83. The number of imidazole rings is 1. The highest BCUT2D eigenvalue weighted by Gasteiger charge is 2.27. The van der Waals surface area contributed by atoms with Gasteiger partial charge in [-0.1, -0.05) is 12.1 Å². The summed E-state index contributed by atoms with van der Waals surface area (Å²) in [6.45, 7) is 5.96. The van der Waals surface area contributed by atoms with Crippen LogP contribution in [0.3, 0.4) is 0 Å². The molecule has 1 fully saturated rings. The largest absolute Gasteiger partial charge is 0.340 e. The molecule has 0 spiro atoms. The van der Waals surface area contributed by atoms with E-state index in [0.717, 1.165) is 42.8 Å². The first kappa shape index (κ1) is 15.9. The van der Waals surface area contributed by atoms with Gasteiger partial charge in [0.2, 0.25) is 5.91 Å². The number of nitrogens with zero attached hydrogens (tertiary/aromatic N) is 4. The van der Waals surface area contributed by atoms with Crippen molar-refractivity contribution in [3.63, 3.8) is 0 Å². The third kappa shape index (κ3) is 2.92. The highest BCUT2D eigenvalue weighted by atomic mass is 16.2. The standard InChI is InChI=1S/C19H23N5O/c1-13-10-20-22-19(13)15-6-5-9-23(11-15)18(25)12-24-14(2)21-16-7-3-4-8-17(16)24/h3-4,7-8,10,15H,5-6,9,11-12H2,1-2H3,(H,20,22)/t15-/m1/s1. The number of H-pyrrole nitrogens is 1. The van der Waals surface area contributed by atoms with Crippen LogP contribution in [0.2, 0.25) is 0 Å². The molecule has 3 aromatic rings. The van der Waals surface area contributed by atoms with E-state index >= 15 is 0 Å². The van der Waals surface area contributed by atoms with Gasteiger partial charge in [-0.15, -0.1) is 0 Å². The Bertz CT molecular complexity index is 910. The highest BCUT2D eigenvalue weighted by Crippen LogP contribution is 2.27. The number of aryl methyl sites for hydroxylation is 2. The van der Waals surface area contributed by atoms with Gasteiger partial charge in [0.05, 0.1) is 17.2 Å². The van der Waals surface area contributed by atoms with E-state index in [4.69, 9.17) is 0 Å². The Hall–Kier alpha value is -2.63. The molecule has 1 aliphatic heterocycles. The molecule has 4 rings (SSSR count). The number of aromatic amines is 1. The third-order valence-electron chi connectivity index (χ3n) is 5.19. The lowest BCUT2D eigenvalue weighted by molar-refractivity contribution is -0.133. The number of nitrogens with one attached hydrogen (secondary N) is 1. The number of likely N-dealkylation sites (tertiary alicyclic amines) is 1. The van der Waals surface area contributed by atoms with E-state index in [1.165, 1.54) is 11.3 Å². The average molecular weight is 337 g/mol. The summed E-state index contributed by atoms with van der Waals surface area (Å²) in [5.41, 5.74) is 4.31. The fourth-order valence-electron chi connectivity index (χ4n) is 3.84. The smallest absolute Gasteiger partial charge is 0.242 e. The average Bonchev–Trinajstić information content (AvgIpc) is 3.18. The lowest BCUT2D eigenvalue weighted by atomic mass is 9.93. The number of fused-ring (bicyclic) bond motifs is 1. The normalized spacial score (nSPS) is 18.0. The first-order chi connectivity index (χ1) is 12.1. The van der Waals surface area contributed by atoms with E-state index in [-0.39, 0.29) is 5.91 Å². The van der Waals surface area contributed by atoms with Crippen molar-refractivity contribution in [2.45, 2.75) is 39.2 Å². The van der Waals surface area contributed by atoms with Crippen molar-refractivity contribution in [3.8, 4) is 0 Å². The molecular formula is C19H23N5O. The molecule has 6 heteroatoms. The molecule has 0 radical (unpaired) electrons. The summed E-state index contributed by atoms with van der Waals surface area (Å²) in [5.74, 6) is 1.39. The molecule has 1 aliphatic rings. The number of carbonyl (C=O) groups excluding carboxylic acids is 1. The molecule has 0 aliphatic carbocycles. The Kier molecular flexibility index (Phi) is 4.03. The van der Waals surface area contributed by atoms with Crippen LogP contribution in [0.1, 0.15) is 35.8 Å². The fraction of sp³-hybridized carbons (Fsp3) is 0.421. The number of hydrogen-bond acceptors (Lipinski definition) is 3. The van der Waals surface area contributed by atoms with Gasteiger partial charge in [0.15, 0.2) is 0 Å².